The van der Waals surface area contributed by atoms with E-state index in [-0.39, 0.29) is 6.10 Å². The van der Waals surface area contributed by atoms with Gasteiger partial charge in [0.05, 0.1) is 18.4 Å². The maximum atomic E-state index is 6.41. The van der Waals surface area contributed by atoms with E-state index in [0.717, 1.165) is 53.1 Å². The number of rotatable bonds is 4. The van der Waals surface area contributed by atoms with Crippen molar-refractivity contribution in [3.8, 4) is 0 Å². The second kappa shape index (κ2) is 7.22. The highest BCUT2D eigenvalue weighted by atomic mass is 35.5. The van der Waals surface area contributed by atoms with E-state index in [0.29, 0.717) is 6.61 Å². The Morgan fingerprint density at radius 1 is 1.26 bits per heavy atom. The summed E-state index contributed by atoms with van der Waals surface area (Å²) in [6, 6.07) is 7.88. The van der Waals surface area contributed by atoms with E-state index in [1.54, 1.807) is 4.68 Å². The minimum atomic E-state index is 0.0709. The van der Waals surface area contributed by atoms with Crippen LogP contribution in [0.5, 0.6) is 0 Å². The zero-order chi connectivity index (χ0) is 16.4. The number of aromatic nitrogens is 2. The lowest BCUT2D eigenvalue weighted by Crippen LogP contribution is -2.38. The predicted octanol–water partition coefficient (Wildman–Crippen LogP) is 3.86. The van der Waals surface area contributed by atoms with Crippen LogP contribution in [0, 0.1) is 0 Å². The molecule has 1 aliphatic rings. The summed E-state index contributed by atoms with van der Waals surface area (Å²) in [6.07, 6.45) is 0.961. The first-order valence-electron chi connectivity index (χ1n) is 7.88. The Bertz CT molecular complexity index is 669. The average Bonchev–Trinajstić information content (AvgIpc) is 2.83. The molecule has 1 atom stereocenters. The van der Waals surface area contributed by atoms with Crippen LogP contribution >= 0.6 is 23.2 Å². The van der Waals surface area contributed by atoms with Gasteiger partial charge in [0.1, 0.15) is 5.15 Å². The second-order valence-corrected chi connectivity index (χ2v) is 6.63. The molecule has 3 rings (SSSR count). The smallest absolute Gasteiger partial charge is 0.131 e. The summed E-state index contributed by atoms with van der Waals surface area (Å²) < 4.78 is 7.68. The van der Waals surface area contributed by atoms with Crippen molar-refractivity contribution in [1.82, 2.24) is 14.7 Å². The van der Waals surface area contributed by atoms with Crippen molar-refractivity contribution in [2.75, 3.05) is 19.7 Å². The summed E-state index contributed by atoms with van der Waals surface area (Å²) in [6.45, 7) is 5.38. The Morgan fingerprint density at radius 3 is 2.70 bits per heavy atom. The lowest BCUT2D eigenvalue weighted by Gasteiger charge is -2.33. The van der Waals surface area contributed by atoms with E-state index < -0.39 is 0 Å². The number of nitrogens with zero attached hydrogens (tertiary/aromatic N) is 3. The SMILES string of the molecule is CCc1nn(C)c(Cl)c1CN1CCO[C@@H](c2ccc(Cl)cc2)C1. The standard InChI is InChI=1S/C17H21Cl2N3O/c1-3-15-14(17(19)21(2)20-15)10-22-8-9-23-16(11-22)12-4-6-13(18)7-5-12/h4-7,16H,3,8-11H2,1-2H3/t16-/m1/s1. The molecule has 23 heavy (non-hydrogen) atoms. The van der Waals surface area contributed by atoms with E-state index in [4.69, 9.17) is 27.9 Å². The number of hydrogen-bond donors (Lipinski definition) is 0. The molecule has 1 aliphatic heterocycles. The monoisotopic (exact) mass is 353 g/mol. The molecular weight excluding hydrogens is 333 g/mol. The number of halogens is 2. The van der Waals surface area contributed by atoms with Crippen LogP contribution in [0.25, 0.3) is 0 Å². The zero-order valence-electron chi connectivity index (χ0n) is 13.4. The lowest BCUT2D eigenvalue weighted by atomic mass is 10.1. The number of benzene rings is 1. The fourth-order valence-corrected chi connectivity index (χ4v) is 3.32. The summed E-state index contributed by atoms with van der Waals surface area (Å²) in [5.41, 5.74) is 3.37. The van der Waals surface area contributed by atoms with Gasteiger partial charge < -0.3 is 4.74 Å². The van der Waals surface area contributed by atoms with E-state index >= 15 is 0 Å². The number of morpholine rings is 1. The summed E-state index contributed by atoms with van der Waals surface area (Å²) in [4.78, 5) is 2.38. The molecule has 4 nitrogen and oxygen atoms in total. The highest BCUT2D eigenvalue weighted by Crippen LogP contribution is 2.27. The van der Waals surface area contributed by atoms with Gasteiger partial charge in [-0.15, -0.1) is 0 Å². The lowest BCUT2D eigenvalue weighted by molar-refractivity contribution is -0.0329. The predicted molar refractivity (Wildman–Crippen MR) is 93.0 cm³/mol. The van der Waals surface area contributed by atoms with E-state index in [2.05, 4.69) is 16.9 Å². The Labute approximate surface area is 146 Å². The molecule has 1 aromatic carbocycles. The van der Waals surface area contributed by atoms with Gasteiger partial charge in [-0.1, -0.05) is 42.3 Å². The van der Waals surface area contributed by atoms with Gasteiger partial charge in [0, 0.05) is 37.3 Å². The van der Waals surface area contributed by atoms with Gasteiger partial charge in [0.15, 0.2) is 0 Å². The first kappa shape index (κ1) is 16.8. The minimum Gasteiger partial charge on any atom is -0.371 e. The molecule has 0 saturated carbocycles. The molecule has 0 N–H and O–H groups in total. The van der Waals surface area contributed by atoms with Gasteiger partial charge in [-0.05, 0) is 24.1 Å². The van der Waals surface area contributed by atoms with Gasteiger partial charge in [0.25, 0.3) is 0 Å². The zero-order valence-corrected chi connectivity index (χ0v) is 14.9. The normalized spacial score (nSPS) is 19.2. The molecule has 0 aliphatic carbocycles. The molecule has 6 heteroatoms. The highest BCUT2D eigenvalue weighted by Gasteiger charge is 2.24. The van der Waals surface area contributed by atoms with Gasteiger partial charge in [-0.3, -0.25) is 9.58 Å². The van der Waals surface area contributed by atoms with Crippen molar-refractivity contribution in [1.29, 1.82) is 0 Å². The topological polar surface area (TPSA) is 30.3 Å². The fourth-order valence-electron chi connectivity index (χ4n) is 2.99. The Balaban J connectivity index is 1.73. The third-order valence-corrected chi connectivity index (χ3v) is 4.99. The molecule has 0 amide bonds. The van der Waals surface area contributed by atoms with Crippen molar-refractivity contribution >= 4 is 23.2 Å². The van der Waals surface area contributed by atoms with Crippen molar-refractivity contribution in [3.63, 3.8) is 0 Å². The van der Waals surface area contributed by atoms with Crippen LogP contribution in [0.15, 0.2) is 24.3 Å². The molecule has 0 bridgehead atoms. The maximum Gasteiger partial charge on any atom is 0.131 e. The van der Waals surface area contributed by atoms with Crippen molar-refractivity contribution in [2.45, 2.75) is 26.0 Å². The molecule has 2 aromatic rings. The molecule has 124 valence electrons. The highest BCUT2D eigenvalue weighted by molar-refractivity contribution is 6.30. The van der Waals surface area contributed by atoms with Crippen molar-refractivity contribution < 1.29 is 4.74 Å². The third-order valence-electron chi connectivity index (χ3n) is 4.26. The summed E-state index contributed by atoms with van der Waals surface area (Å²) in [7, 11) is 1.89. The molecule has 1 saturated heterocycles. The molecule has 1 aromatic heterocycles. The van der Waals surface area contributed by atoms with Crippen molar-refractivity contribution in [3.05, 3.63) is 51.3 Å². The molecule has 0 spiro atoms. The van der Waals surface area contributed by atoms with Gasteiger partial charge in [-0.25, -0.2) is 0 Å². The molecular formula is C17H21Cl2N3O. The number of ether oxygens (including phenoxy) is 1. The van der Waals surface area contributed by atoms with Crippen molar-refractivity contribution in [2.24, 2.45) is 7.05 Å². The molecule has 0 unspecified atom stereocenters. The van der Waals surface area contributed by atoms with E-state index in [9.17, 15) is 0 Å². The molecule has 1 fully saturated rings. The van der Waals surface area contributed by atoms with Gasteiger partial charge in [-0.2, -0.15) is 5.10 Å². The second-order valence-electron chi connectivity index (χ2n) is 5.84. The summed E-state index contributed by atoms with van der Waals surface area (Å²) in [5, 5.41) is 5.97. The molecule has 2 heterocycles. The Morgan fingerprint density at radius 2 is 2.00 bits per heavy atom. The Hall–Kier alpha value is -1.07. The Kier molecular flexibility index (Phi) is 5.27. The first-order chi connectivity index (χ1) is 11.1. The van der Waals surface area contributed by atoms with Crippen LogP contribution in [-0.4, -0.2) is 34.4 Å². The van der Waals surface area contributed by atoms with Crippen LogP contribution in [0.4, 0.5) is 0 Å². The number of hydrogen-bond acceptors (Lipinski definition) is 3. The van der Waals surface area contributed by atoms with Crippen LogP contribution in [-0.2, 0) is 24.8 Å². The fraction of sp³-hybridized carbons (Fsp3) is 0.471. The quantitative estimate of drug-likeness (QED) is 0.835. The van der Waals surface area contributed by atoms with Gasteiger partial charge in [0.2, 0.25) is 0 Å². The molecule has 0 radical (unpaired) electrons. The average molecular weight is 354 g/mol. The summed E-state index contributed by atoms with van der Waals surface area (Å²) in [5.74, 6) is 0. The third kappa shape index (κ3) is 3.72. The van der Waals surface area contributed by atoms with E-state index in [1.165, 1.54) is 0 Å². The largest absolute Gasteiger partial charge is 0.371 e. The summed E-state index contributed by atoms with van der Waals surface area (Å²) >= 11 is 12.4. The van der Waals surface area contributed by atoms with Crippen LogP contribution in [0.1, 0.15) is 29.8 Å². The van der Waals surface area contributed by atoms with Crippen LogP contribution in [0.2, 0.25) is 10.2 Å². The number of aryl methyl sites for hydroxylation is 2. The first-order valence-corrected chi connectivity index (χ1v) is 8.63. The van der Waals surface area contributed by atoms with Gasteiger partial charge >= 0.3 is 0 Å². The van der Waals surface area contributed by atoms with Crippen LogP contribution in [0.3, 0.4) is 0 Å². The minimum absolute atomic E-state index is 0.0709. The van der Waals surface area contributed by atoms with E-state index in [1.807, 2.05) is 31.3 Å². The maximum absolute atomic E-state index is 6.41. The van der Waals surface area contributed by atoms with Crippen LogP contribution < -0.4 is 0 Å².